The van der Waals surface area contributed by atoms with Crippen LogP contribution in [0.2, 0.25) is 0 Å². The lowest BCUT2D eigenvalue weighted by molar-refractivity contribution is 0.0943. The molecule has 0 heterocycles. The Morgan fingerprint density at radius 2 is 0.917 bits per heavy atom. The fourth-order valence-corrected chi connectivity index (χ4v) is 3.49. The predicted molar refractivity (Wildman–Crippen MR) is 140 cm³/mol. The number of nitrogens with one attached hydrogen (secondary N) is 4. The number of aliphatic hydroxyl groups excluding tert-OH is 4. The molecule has 2 aromatic rings. The standard InChI is InChI=1S/C26H38N4O6/c31-13-1-9-27-23-7-5-19(17-21(23)25(35)29-11-3-15-33)20-6-8-24(28-10-2-14-32)22(18-20)26(36)30-12-4-16-34/h5-8,17-18,27-28,31-34H,1-4,9-16H2,(H,29,35)(H,30,36). The van der Waals surface area contributed by atoms with Crippen LogP contribution >= 0.6 is 0 Å². The number of amides is 2. The molecule has 0 bridgehead atoms. The zero-order valence-electron chi connectivity index (χ0n) is 20.6. The number of benzene rings is 2. The molecule has 0 saturated carbocycles. The zero-order chi connectivity index (χ0) is 26.2. The van der Waals surface area contributed by atoms with Gasteiger partial charge in [-0.3, -0.25) is 9.59 Å². The van der Waals surface area contributed by atoms with E-state index < -0.39 is 0 Å². The van der Waals surface area contributed by atoms with E-state index in [4.69, 9.17) is 20.4 Å². The molecule has 8 N–H and O–H groups in total. The first kappa shape index (κ1) is 29.1. The van der Waals surface area contributed by atoms with Gasteiger partial charge in [-0.05, 0) is 61.1 Å². The molecular formula is C26H38N4O6. The molecule has 0 aromatic heterocycles. The van der Waals surface area contributed by atoms with Crippen molar-refractivity contribution in [3.63, 3.8) is 0 Å². The SMILES string of the molecule is O=C(NCCCO)c1cc(-c2ccc(NCCCO)c(C(=O)NCCCO)c2)ccc1NCCCO. The third-order valence-corrected chi connectivity index (χ3v) is 5.40. The molecule has 0 aliphatic carbocycles. The van der Waals surface area contributed by atoms with Crippen molar-refractivity contribution < 1.29 is 30.0 Å². The van der Waals surface area contributed by atoms with Crippen molar-refractivity contribution >= 4 is 23.2 Å². The Bertz CT molecular complexity index is 892. The largest absolute Gasteiger partial charge is 0.396 e. The summed E-state index contributed by atoms with van der Waals surface area (Å²) in [6, 6.07) is 10.8. The summed E-state index contributed by atoms with van der Waals surface area (Å²) in [6.45, 7) is 1.69. The first-order valence-corrected chi connectivity index (χ1v) is 12.3. The molecule has 2 rings (SSSR count). The Morgan fingerprint density at radius 1 is 0.556 bits per heavy atom. The van der Waals surface area contributed by atoms with E-state index in [0.29, 0.717) is 74.4 Å². The van der Waals surface area contributed by atoms with Crippen LogP contribution in [0.5, 0.6) is 0 Å². The molecule has 0 atom stereocenters. The lowest BCUT2D eigenvalue weighted by Gasteiger charge is -2.16. The maximum Gasteiger partial charge on any atom is 0.253 e. The van der Waals surface area contributed by atoms with E-state index in [0.717, 1.165) is 11.1 Å². The van der Waals surface area contributed by atoms with Gasteiger partial charge in [0.15, 0.2) is 0 Å². The van der Waals surface area contributed by atoms with Gasteiger partial charge in [0.2, 0.25) is 0 Å². The van der Waals surface area contributed by atoms with Crippen molar-refractivity contribution in [2.75, 3.05) is 63.2 Å². The molecule has 0 spiro atoms. The minimum atomic E-state index is -0.291. The molecule has 0 fully saturated rings. The van der Waals surface area contributed by atoms with Gasteiger partial charge < -0.3 is 41.7 Å². The molecule has 10 heteroatoms. The molecule has 0 aliphatic heterocycles. The molecule has 0 saturated heterocycles. The molecule has 10 nitrogen and oxygen atoms in total. The summed E-state index contributed by atoms with van der Waals surface area (Å²) in [7, 11) is 0. The molecule has 0 aliphatic rings. The van der Waals surface area contributed by atoms with Gasteiger partial charge in [-0.1, -0.05) is 12.1 Å². The minimum absolute atomic E-state index is 0.0240. The van der Waals surface area contributed by atoms with Gasteiger partial charge in [-0.25, -0.2) is 0 Å². The average Bonchev–Trinajstić information content (AvgIpc) is 2.89. The van der Waals surface area contributed by atoms with Crippen molar-refractivity contribution in [1.29, 1.82) is 0 Å². The quantitative estimate of drug-likeness (QED) is 0.149. The van der Waals surface area contributed by atoms with Crippen LogP contribution in [0.15, 0.2) is 36.4 Å². The molecule has 2 aromatic carbocycles. The summed E-state index contributed by atoms with van der Waals surface area (Å²) in [5.74, 6) is -0.581. The number of anilines is 2. The Morgan fingerprint density at radius 3 is 1.28 bits per heavy atom. The van der Waals surface area contributed by atoms with E-state index in [2.05, 4.69) is 21.3 Å². The average molecular weight is 503 g/mol. The van der Waals surface area contributed by atoms with Crippen LogP contribution in [0.25, 0.3) is 11.1 Å². The van der Waals surface area contributed by atoms with Crippen LogP contribution in [0.4, 0.5) is 11.4 Å². The van der Waals surface area contributed by atoms with Crippen molar-refractivity contribution in [3.8, 4) is 11.1 Å². The first-order chi connectivity index (χ1) is 17.5. The zero-order valence-corrected chi connectivity index (χ0v) is 20.6. The highest BCUT2D eigenvalue weighted by Crippen LogP contribution is 2.29. The minimum Gasteiger partial charge on any atom is -0.396 e. The molecule has 2 amide bonds. The van der Waals surface area contributed by atoms with Crippen LogP contribution in [-0.4, -0.2) is 84.8 Å². The maximum atomic E-state index is 12.9. The summed E-state index contributed by atoms with van der Waals surface area (Å²) < 4.78 is 0. The predicted octanol–water partition coefficient (Wildman–Crippen LogP) is 1.17. The van der Waals surface area contributed by atoms with Crippen LogP contribution in [0, 0.1) is 0 Å². The highest BCUT2D eigenvalue weighted by Gasteiger charge is 2.16. The summed E-state index contributed by atoms with van der Waals surface area (Å²) in [5, 5.41) is 48.2. The molecular weight excluding hydrogens is 464 g/mol. The number of carbonyl (C=O) groups excluding carboxylic acids is 2. The van der Waals surface area contributed by atoms with Gasteiger partial charge in [0.05, 0.1) is 11.1 Å². The fourth-order valence-electron chi connectivity index (χ4n) is 3.49. The second-order valence-electron chi connectivity index (χ2n) is 8.19. The lowest BCUT2D eigenvalue weighted by Crippen LogP contribution is -2.26. The topological polar surface area (TPSA) is 163 Å². The number of rotatable bonds is 17. The van der Waals surface area contributed by atoms with E-state index in [-0.39, 0.29) is 38.2 Å². The van der Waals surface area contributed by atoms with Gasteiger partial charge in [0.25, 0.3) is 11.8 Å². The van der Waals surface area contributed by atoms with Gasteiger partial charge >= 0.3 is 0 Å². The summed E-state index contributed by atoms with van der Waals surface area (Å²) >= 11 is 0. The summed E-state index contributed by atoms with van der Waals surface area (Å²) in [4.78, 5) is 25.8. The van der Waals surface area contributed by atoms with E-state index in [1.54, 1.807) is 24.3 Å². The highest BCUT2D eigenvalue weighted by molar-refractivity contribution is 6.02. The van der Waals surface area contributed by atoms with E-state index >= 15 is 0 Å². The summed E-state index contributed by atoms with van der Waals surface area (Å²) in [5.41, 5.74) is 3.56. The number of hydrogen-bond donors (Lipinski definition) is 8. The molecule has 36 heavy (non-hydrogen) atoms. The van der Waals surface area contributed by atoms with Gasteiger partial charge in [-0.15, -0.1) is 0 Å². The van der Waals surface area contributed by atoms with Crippen molar-refractivity contribution in [2.24, 2.45) is 0 Å². The van der Waals surface area contributed by atoms with E-state index in [1.807, 2.05) is 12.1 Å². The van der Waals surface area contributed by atoms with Gasteiger partial charge in [-0.2, -0.15) is 0 Å². The van der Waals surface area contributed by atoms with Crippen molar-refractivity contribution in [3.05, 3.63) is 47.5 Å². The Balaban J connectivity index is 2.40. The second kappa shape index (κ2) is 16.5. The number of aliphatic hydroxyl groups is 4. The summed E-state index contributed by atoms with van der Waals surface area (Å²) in [6.07, 6.45) is 1.95. The Hall–Kier alpha value is -3.18. The molecule has 198 valence electrons. The smallest absolute Gasteiger partial charge is 0.253 e. The van der Waals surface area contributed by atoms with Crippen LogP contribution in [-0.2, 0) is 0 Å². The van der Waals surface area contributed by atoms with Crippen molar-refractivity contribution in [2.45, 2.75) is 25.7 Å². The normalized spacial score (nSPS) is 10.7. The fraction of sp³-hybridized carbons (Fsp3) is 0.462. The molecule has 0 radical (unpaired) electrons. The van der Waals surface area contributed by atoms with Gasteiger partial charge in [0.1, 0.15) is 0 Å². The Kier molecular flexibility index (Phi) is 13.3. The number of hydrogen-bond acceptors (Lipinski definition) is 8. The van der Waals surface area contributed by atoms with E-state index in [1.165, 1.54) is 0 Å². The maximum absolute atomic E-state index is 12.9. The van der Waals surface area contributed by atoms with Crippen LogP contribution < -0.4 is 21.3 Å². The van der Waals surface area contributed by atoms with E-state index in [9.17, 15) is 9.59 Å². The van der Waals surface area contributed by atoms with Gasteiger partial charge in [0, 0.05) is 64.0 Å². The van der Waals surface area contributed by atoms with Crippen LogP contribution in [0.1, 0.15) is 46.4 Å². The Labute approximate surface area is 211 Å². The molecule has 0 unspecified atom stereocenters. The third-order valence-electron chi connectivity index (χ3n) is 5.40. The second-order valence-corrected chi connectivity index (χ2v) is 8.19. The van der Waals surface area contributed by atoms with Crippen molar-refractivity contribution in [1.82, 2.24) is 10.6 Å². The first-order valence-electron chi connectivity index (χ1n) is 12.3. The number of carbonyl (C=O) groups is 2. The monoisotopic (exact) mass is 502 g/mol. The van der Waals surface area contributed by atoms with Crippen LogP contribution in [0.3, 0.4) is 0 Å². The third kappa shape index (κ3) is 9.12. The lowest BCUT2D eigenvalue weighted by atomic mass is 9.98. The highest BCUT2D eigenvalue weighted by atomic mass is 16.3.